The van der Waals surface area contributed by atoms with Crippen LogP contribution in [0.5, 0.6) is 0 Å². The Balaban J connectivity index is 3.29. The zero-order chi connectivity index (χ0) is 16.0. The van der Waals surface area contributed by atoms with Gasteiger partial charge in [-0.25, -0.2) is 0 Å². The Kier molecular flexibility index (Phi) is 4.45. The smallest absolute Gasteiger partial charge is 0.389 e. The molecule has 1 aliphatic heterocycles. The van der Waals surface area contributed by atoms with E-state index in [0.717, 1.165) is 7.11 Å². The fourth-order valence-electron chi connectivity index (χ4n) is 1.82. The predicted molar refractivity (Wildman–Crippen MR) is 57.6 cm³/mol. The topological polar surface area (TPSA) is 27.7 Å². The first-order valence-electron chi connectivity index (χ1n) is 5.74. The van der Waals surface area contributed by atoms with Crippen LogP contribution in [0.2, 0.25) is 0 Å². The van der Waals surface area contributed by atoms with Crippen LogP contribution >= 0.6 is 0 Å². The molecule has 0 aromatic rings. The maximum atomic E-state index is 13.0. The standard InChI is InChI=1S/C10H15BF6O3/c1-7(2,3)6-5-8(9(12,13)14,10(15,16)17)20-11(18-4)19-6/h6H,5H2,1-4H3. The molecular weight excluding hydrogens is 293 g/mol. The molecule has 0 N–H and O–H groups in total. The van der Waals surface area contributed by atoms with Crippen LogP contribution in [0.15, 0.2) is 0 Å². The second-order valence-electron chi connectivity index (χ2n) is 5.66. The zero-order valence-electron chi connectivity index (χ0n) is 11.4. The Morgan fingerprint density at radius 3 is 1.80 bits per heavy atom. The van der Waals surface area contributed by atoms with E-state index >= 15 is 0 Å². The maximum absolute atomic E-state index is 13.0. The predicted octanol–water partition coefficient (Wildman–Crippen LogP) is 3.33. The maximum Gasteiger partial charge on any atom is 0.640 e. The third-order valence-corrected chi connectivity index (χ3v) is 3.12. The van der Waals surface area contributed by atoms with E-state index in [9.17, 15) is 26.3 Å². The van der Waals surface area contributed by atoms with Gasteiger partial charge in [-0.15, -0.1) is 0 Å². The lowest BCUT2D eigenvalue weighted by Gasteiger charge is -2.47. The van der Waals surface area contributed by atoms with Crippen LogP contribution in [-0.2, 0) is 14.0 Å². The fourth-order valence-corrected chi connectivity index (χ4v) is 1.82. The van der Waals surface area contributed by atoms with Crippen molar-refractivity contribution in [2.24, 2.45) is 5.41 Å². The molecule has 3 nitrogen and oxygen atoms in total. The number of hydrogen-bond acceptors (Lipinski definition) is 3. The van der Waals surface area contributed by atoms with Crippen molar-refractivity contribution in [3.05, 3.63) is 0 Å². The Morgan fingerprint density at radius 1 is 1.05 bits per heavy atom. The minimum absolute atomic E-state index is 0.910. The molecule has 0 radical (unpaired) electrons. The molecule has 10 heteroatoms. The Bertz CT molecular complexity index is 334. The molecular formula is C10H15BF6O3. The Hall–Kier alpha value is -0.475. The first-order valence-corrected chi connectivity index (χ1v) is 5.74. The second-order valence-corrected chi connectivity index (χ2v) is 5.66. The highest BCUT2D eigenvalue weighted by Crippen LogP contribution is 2.52. The second kappa shape index (κ2) is 5.06. The number of alkyl halides is 6. The van der Waals surface area contributed by atoms with Gasteiger partial charge in [-0.3, -0.25) is 0 Å². The van der Waals surface area contributed by atoms with Crippen molar-refractivity contribution in [3.8, 4) is 0 Å². The lowest BCUT2D eigenvalue weighted by atomic mass is 9.78. The van der Waals surface area contributed by atoms with Crippen LogP contribution in [0.25, 0.3) is 0 Å². The van der Waals surface area contributed by atoms with Crippen molar-refractivity contribution in [1.29, 1.82) is 0 Å². The minimum Gasteiger partial charge on any atom is -0.389 e. The van der Waals surface area contributed by atoms with Crippen LogP contribution in [0.3, 0.4) is 0 Å². The third kappa shape index (κ3) is 3.06. The number of halogens is 6. The fraction of sp³-hybridized carbons (Fsp3) is 1.00. The number of hydrogen-bond donors (Lipinski definition) is 0. The van der Waals surface area contributed by atoms with Gasteiger partial charge in [-0.1, -0.05) is 20.8 Å². The van der Waals surface area contributed by atoms with E-state index in [1.54, 1.807) is 0 Å². The molecule has 20 heavy (non-hydrogen) atoms. The van der Waals surface area contributed by atoms with Gasteiger partial charge in [0.25, 0.3) is 5.60 Å². The van der Waals surface area contributed by atoms with Crippen molar-refractivity contribution in [2.45, 2.75) is 51.2 Å². The van der Waals surface area contributed by atoms with Gasteiger partial charge in [-0.05, 0) is 5.41 Å². The van der Waals surface area contributed by atoms with E-state index < -0.39 is 43.2 Å². The average Bonchev–Trinajstić information content (AvgIpc) is 2.24. The molecule has 118 valence electrons. The summed E-state index contributed by atoms with van der Waals surface area (Å²) >= 11 is 0. The van der Waals surface area contributed by atoms with Gasteiger partial charge in [0, 0.05) is 13.5 Å². The lowest BCUT2D eigenvalue weighted by molar-refractivity contribution is -0.382. The molecule has 1 unspecified atom stereocenters. The molecule has 1 heterocycles. The molecule has 1 atom stereocenters. The van der Waals surface area contributed by atoms with E-state index in [0.29, 0.717) is 0 Å². The molecule has 0 aliphatic carbocycles. The third-order valence-electron chi connectivity index (χ3n) is 3.12. The average molecular weight is 308 g/mol. The summed E-state index contributed by atoms with van der Waals surface area (Å²) in [4.78, 5) is 0. The molecule has 0 saturated carbocycles. The van der Waals surface area contributed by atoms with Gasteiger partial charge >= 0.3 is 19.7 Å². The van der Waals surface area contributed by atoms with E-state index in [1.807, 2.05) is 0 Å². The van der Waals surface area contributed by atoms with Crippen molar-refractivity contribution in [2.75, 3.05) is 7.11 Å². The largest absolute Gasteiger partial charge is 0.640 e. The van der Waals surface area contributed by atoms with E-state index in [1.165, 1.54) is 20.8 Å². The molecule has 0 bridgehead atoms. The minimum atomic E-state index is -5.63. The van der Waals surface area contributed by atoms with Crippen LogP contribution in [0.4, 0.5) is 26.3 Å². The monoisotopic (exact) mass is 308 g/mol. The summed E-state index contributed by atoms with van der Waals surface area (Å²) in [5.74, 6) is 0. The van der Waals surface area contributed by atoms with Crippen molar-refractivity contribution in [3.63, 3.8) is 0 Å². The van der Waals surface area contributed by atoms with Crippen LogP contribution in [-0.4, -0.2) is 38.5 Å². The van der Waals surface area contributed by atoms with E-state index in [4.69, 9.17) is 4.65 Å². The van der Waals surface area contributed by atoms with E-state index in [2.05, 4.69) is 9.31 Å². The summed E-state index contributed by atoms with van der Waals surface area (Å²) in [6, 6.07) is 0. The Labute approximate surface area is 112 Å². The molecule has 1 fully saturated rings. The molecule has 0 amide bonds. The molecule has 0 aromatic heterocycles. The SMILES string of the molecule is COB1OC(C(C)(C)C)CC(C(F)(F)F)(C(F)(F)F)O1. The van der Waals surface area contributed by atoms with E-state index in [-0.39, 0.29) is 0 Å². The molecule has 1 aliphatic rings. The van der Waals surface area contributed by atoms with Gasteiger partial charge in [0.1, 0.15) is 0 Å². The zero-order valence-corrected chi connectivity index (χ0v) is 11.4. The molecule has 1 saturated heterocycles. The molecule has 1 rings (SSSR count). The van der Waals surface area contributed by atoms with Gasteiger partial charge in [0.05, 0.1) is 6.10 Å². The Morgan fingerprint density at radius 2 is 1.50 bits per heavy atom. The van der Waals surface area contributed by atoms with Gasteiger partial charge in [0.2, 0.25) is 0 Å². The summed E-state index contributed by atoms with van der Waals surface area (Å²) in [6.07, 6.45) is -14.0. The van der Waals surface area contributed by atoms with Crippen LogP contribution in [0.1, 0.15) is 27.2 Å². The van der Waals surface area contributed by atoms with Crippen molar-refractivity contribution >= 4 is 7.32 Å². The van der Waals surface area contributed by atoms with Crippen molar-refractivity contribution in [1.82, 2.24) is 0 Å². The van der Waals surface area contributed by atoms with Crippen LogP contribution in [0, 0.1) is 5.41 Å². The summed E-state index contributed by atoms with van der Waals surface area (Å²) in [7, 11) is -1.12. The quantitative estimate of drug-likeness (QED) is 0.549. The summed E-state index contributed by atoms with van der Waals surface area (Å²) < 4.78 is 91.5. The number of rotatable bonds is 1. The van der Waals surface area contributed by atoms with Gasteiger partial charge < -0.3 is 14.0 Å². The summed E-state index contributed by atoms with van der Waals surface area (Å²) in [6.45, 7) is 4.44. The molecule has 0 spiro atoms. The summed E-state index contributed by atoms with van der Waals surface area (Å²) in [5.41, 5.74) is -5.24. The van der Waals surface area contributed by atoms with Crippen molar-refractivity contribution < 1.29 is 40.3 Å². The highest BCUT2D eigenvalue weighted by molar-refractivity contribution is 6.36. The van der Waals surface area contributed by atoms with Gasteiger partial charge in [0.15, 0.2) is 0 Å². The first-order chi connectivity index (χ1) is 8.74. The highest BCUT2D eigenvalue weighted by atomic mass is 19.4. The van der Waals surface area contributed by atoms with Gasteiger partial charge in [-0.2, -0.15) is 26.3 Å². The van der Waals surface area contributed by atoms with Crippen LogP contribution < -0.4 is 0 Å². The normalized spacial score (nSPS) is 24.9. The molecule has 0 aromatic carbocycles. The first kappa shape index (κ1) is 17.6. The summed E-state index contributed by atoms with van der Waals surface area (Å²) in [5, 5.41) is 0. The lowest BCUT2D eigenvalue weighted by Crippen LogP contribution is -2.67. The highest BCUT2D eigenvalue weighted by Gasteiger charge is 2.75.